The van der Waals surface area contributed by atoms with Gasteiger partial charge in [0.15, 0.2) is 0 Å². The molecule has 2 heterocycles. The standard InChI is InChI=1S/C14H18N2O2S2/c1-3-9(2)11(17)6-15-13(18)12-7-16-14(20-12)10-4-5-19-8-10/h4-5,7-9,11,17H,3,6H2,1-2H3,(H,15,18). The Labute approximate surface area is 126 Å². The molecule has 2 atom stereocenters. The molecule has 4 nitrogen and oxygen atoms in total. The lowest BCUT2D eigenvalue weighted by atomic mass is 10.0. The van der Waals surface area contributed by atoms with Gasteiger partial charge in [-0.3, -0.25) is 4.79 Å². The molecule has 2 aromatic rings. The van der Waals surface area contributed by atoms with Crippen molar-refractivity contribution in [1.82, 2.24) is 10.3 Å². The zero-order valence-electron chi connectivity index (χ0n) is 11.5. The van der Waals surface area contributed by atoms with Crippen molar-refractivity contribution in [2.45, 2.75) is 26.4 Å². The summed E-state index contributed by atoms with van der Waals surface area (Å²) in [6.07, 6.45) is 1.97. The van der Waals surface area contributed by atoms with Gasteiger partial charge in [0, 0.05) is 17.5 Å². The number of hydrogen-bond donors (Lipinski definition) is 2. The van der Waals surface area contributed by atoms with Crippen LogP contribution in [-0.2, 0) is 0 Å². The van der Waals surface area contributed by atoms with Crippen molar-refractivity contribution in [3.63, 3.8) is 0 Å². The van der Waals surface area contributed by atoms with E-state index in [1.165, 1.54) is 11.3 Å². The molecule has 108 valence electrons. The summed E-state index contributed by atoms with van der Waals surface area (Å²) in [6, 6.07) is 1.98. The van der Waals surface area contributed by atoms with Gasteiger partial charge < -0.3 is 10.4 Å². The molecule has 0 aliphatic rings. The number of aromatic nitrogens is 1. The van der Waals surface area contributed by atoms with Crippen LogP contribution < -0.4 is 5.32 Å². The van der Waals surface area contributed by atoms with Gasteiger partial charge in [-0.2, -0.15) is 11.3 Å². The Morgan fingerprint density at radius 2 is 2.35 bits per heavy atom. The summed E-state index contributed by atoms with van der Waals surface area (Å²) in [5.74, 6) is 0.00413. The Morgan fingerprint density at radius 1 is 1.55 bits per heavy atom. The molecule has 0 aliphatic heterocycles. The van der Waals surface area contributed by atoms with Crippen molar-refractivity contribution in [2.24, 2.45) is 5.92 Å². The van der Waals surface area contributed by atoms with Gasteiger partial charge in [0.25, 0.3) is 5.91 Å². The SMILES string of the molecule is CCC(C)C(O)CNC(=O)c1cnc(-c2ccsc2)s1. The highest BCUT2D eigenvalue weighted by atomic mass is 32.1. The maximum Gasteiger partial charge on any atom is 0.263 e. The summed E-state index contributed by atoms with van der Waals surface area (Å²) in [5.41, 5.74) is 1.04. The number of thiazole rings is 1. The van der Waals surface area contributed by atoms with Crippen molar-refractivity contribution < 1.29 is 9.90 Å². The first-order valence-corrected chi connectivity index (χ1v) is 8.32. The number of rotatable bonds is 6. The molecule has 0 fully saturated rings. The molecule has 20 heavy (non-hydrogen) atoms. The van der Waals surface area contributed by atoms with Gasteiger partial charge in [-0.05, 0) is 17.4 Å². The third-order valence-corrected chi connectivity index (χ3v) is 5.00. The molecule has 6 heteroatoms. The van der Waals surface area contributed by atoms with Crippen molar-refractivity contribution in [3.05, 3.63) is 27.9 Å². The van der Waals surface area contributed by atoms with Crippen molar-refractivity contribution >= 4 is 28.6 Å². The third-order valence-electron chi connectivity index (χ3n) is 3.27. The van der Waals surface area contributed by atoms with E-state index in [2.05, 4.69) is 10.3 Å². The number of carbonyl (C=O) groups excluding carboxylic acids is 1. The van der Waals surface area contributed by atoms with Crippen LogP contribution in [-0.4, -0.2) is 28.6 Å². The van der Waals surface area contributed by atoms with E-state index in [4.69, 9.17) is 0 Å². The van der Waals surface area contributed by atoms with Gasteiger partial charge in [-0.1, -0.05) is 20.3 Å². The van der Waals surface area contributed by atoms with E-state index in [0.29, 0.717) is 4.88 Å². The summed E-state index contributed by atoms with van der Waals surface area (Å²) in [6.45, 7) is 4.27. The molecule has 0 radical (unpaired) electrons. The Morgan fingerprint density at radius 3 is 3.00 bits per heavy atom. The van der Waals surface area contributed by atoms with E-state index in [9.17, 15) is 9.90 Å². The van der Waals surface area contributed by atoms with Gasteiger partial charge in [-0.15, -0.1) is 11.3 Å². The number of amides is 1. The molecule has 2 N–H and O–H groups in total. The second kappa shape index (κ2) is 6.97. The largest absolute Gasteiger partial charge is 0.391 e. The Kier molecular flexibility index (Phi) is 5.28. The van der Waals surface area contributed by atoms with Crippen molar-refractivity contribution in [3.8, 4) is 10.6 Å². The molecule has 2 aromatic heterocycles. The average Bonchev–Trinajstić information content (AvgIpc) is 3.12. The first-order chi connectivity index (χ1) is 9.61. The molecule has 0 aromatic carbocycles. The number of hydrogen-bond acceptors (Lipinski definition) is 5. The first-order valence-electron chi connectivity index (χ1n) is 6.56. The van der Waals surface area contributed by atoms with Gasteiger partial charge in [0.1, 0.15) is 9.88 Å². The summed E-state index contributed by atoms with van der Waals surface area (Å²) < 4.78 is 0. The predicted octanol–water partition coefficient (Wildman–Crippen LogP) is 3.01. The van der Waals surface area contributed by atoms with Crippen LogP contribution >= 0.6 is 22.7 Å². The molecule has 0 aliphatic carbocycles. The summed E-state index contributed by atoms with van der Waals surface area (Å²) in [7, 11) is 0. The topological polar surface area (TPSA) is 62.2 Å². The second-order valence-electron chi connectivity index (χ2n) is 4.70. The summed E-state index contributed by atoms with van der Waals surface area (Å²) in [5, 5.41) is 17.4. The van der Waals surface area contributed by atoms with E-state index in [1.807, 2.05) is 30.7 Å². The van der Waals surface area contributed by atoms with Gasteiger partial charge in [0.2, 0.25) is 0 Å². The summed E-state index contributed by atoms with van der Waals surface area (Å²) in [4.78, 5) is 16.8. The molecule has 0 bridgehead atoms. The Hall–Kier alpha value is -1.24. The van der Waals surface area contributed by atoms with E-state index in [-0.39, 0.29) is 18.4 Å². The molecule has 0 saturated heterocycles. The fourth-order valence-corrected chi connectivity index (χ4v) is 3.20. The van der Waals surface area contributed by atoms with E-state index >= 15 is 0 Å². The smallest absolute Gasteiger partial charge is 0.263 e. The van der Waals surface area contributed by atoms with Crippen LogP contribution in [0, 0.1) is 5.92 Å². The van der Waals surface area contributed by atoms with Crippen molar-refractivity contribution in [1.29, 1.82) is 0 Å². The number of nitrogens with zero attached hydrogens (tertiary/aromatic N) is 1. The Bertz CT molecular complexity index is 551. The van der Waals surface area contributed by atoms with Crippen LogP contribution in [0.5, 0.6) is 0 Å². The fourth-order valence-electron chi connectivity index (χ4n) is 1.66. The number of nitrogens with one attached hydrogen (secondary N) is 1. The minimum atomic E-state index is -0.506. The highest BCUT2D eigenvalue weighted by Gasteiger charge is 2.16. The normalized spacial score (nSPS) is 13.9. The quantitative estimate of drug-likeness (QED) is 0.862. The van der Waals surface area contributed by atoms with Crippen molar-refractivity contribution in [2.75, 3.05) is 6.54 Å². The van der Waals surface area contributed by atoms with Crippen LogP contribution in [0.3, 0.4) is 0 Å². The fraction of sp³-hybridized carbons (Fsp3) is 0.429. The number of aliphatic hydroxyl groups is 1. The van der Waals surface area contributed by atoms with E-state index in [1.54, 1.807) is 17.5 Å². The lowest BCUT2D eigenvalue weighted by Gasteiger charge is -2.17. The summed E-state index contributed by atoms with van der Waals surface area (Å²) >= 11 is 2.97. The highest BCUT2D eigenvalue weighted by molar-refractivity contribution is 7.17. The third kappa shape index (κ3) is 3.65. The van der Waals surface area contributed by atoms with Gasteiger partial charge in [0.05, 0.1) is 12.3 Å². The lowest BCUT2D eigenvalue weighted by Crippen LogP contribution is -2.35. The number of thiophene rings is 1. The minimum Gasteiger partial charge on any atom is -0.391 e. The molecule has 0 saturated carbocycles. The van der Waals surface area contributed by atoms with Gasteiger partial charge in [-0.25, -0.2) is 4.98 Å². The van der Waals surface area contributed by atoms with Gasteiger partial charge >= 0.3 is 0 Å². The molecule has 2 rings (SSSR count). The van der Waals surface area contributed by atoms with Crippen LogP contribution in [0.25, 0.3) is 10.6 Å². The monoisotopic (exact) mass is 310 g/mol. The molecular weight excluding hydrogens is 292 g/mol. The number of aliphatic hydroxyl groups excluding tert-OH is 1. The number of carbonyl (C=O) groups is 1. The first kappa shape index (κ1) is 15.2. The van der Waals surface area contributed by atoms with Crippen LogP contribution in [0.1, 0.15) is 29.9 Å². The Balaban J connectivity index is 1.93. The zero-order chi connectivity index (χ0) is 14.5. The predicted molar refractivity (Wildman–Crippen MR) is 83.2 cm³/mol. The molecule has 0 spiro atoms. The van der Waals surface area contributed by atoms with Crippen LogP contribution in [0.2, 0.25) is 0 Å². The molecular formula is C14H18N2O2S2. The highest BCUT2D eigenvalue weighted by Crippen LogP contribution is 2.26. The van der Waals surface area contributed by atoms with Crippen LogP contribution in [0.15, 0.2) is 23.0 Å². The zero-order valence-corrected chi connectivity index (χ0v) is 13.1. The van der Waals surface area contributed by atoms with E-state index in [0.717, 1.165) is 17.0 Å². The average molecular weight is 310 g/mol. The van der Waals surface area contributed by atoms with Crippen LogP contribution in [0.4, 0.5) is 0 Å². The maximum atomic E-state index is 12.0. The molecule has 2 unspecified atom stereocenters. The molecule has 1 amide bonds. The second-order valence-corrected chi connectivity index (χ2v) is 6.52. The lowest BCUT2D eigenvalue weighted by molar-refractivity contribution is 0.0853. The maximum absolute atomic E-state index is 12.0. The van der Waals surface area contributed by atoms with E-state index < -0.39 is 6.10 Å². The minimum absolute atomic E-state index is 0.175.